The van der Waals surface area contributed by atoms with Crippen molar-refractivity contribution in [2.45, 2.75) is 39.2 Å². The standard InChI is InChI=1S/C19H28N2O3/c1-4-20(14-19(2,3)24)18(23)16-12-17(22)21(13-16)11-10-15-8-6-5-7-9-15/h5-9,16,24H,4,10-14H2,1-3H3. The van der Waals surface area contributed by atoms with Crippen molar-refractivity contribution in [3.05, 3.63) is 35.9 Å². The van der Waals surface area contributed by atoms with Gasteiger partial charge in [-0.25, -0.2) is 0 Å². The van der Waals surface area contributed by atoms with Gasteiger partial charge in [-0.15, -0.1) is 0 Å². The van der Waals surface area contributed by atoms with Gasteiger partial charge in [0.05, 0.1) is 11.5 Å². The summed E-state index contributed by atoms with van der Waals surface area (Å²) in [6.45, 7) is 7.23. The van der Waals surface area contributed by atoms with Gasteiger partial charge < -0.3 is 14.9 Å². The molecule has 0 radical (unpaired) electrons. The van der Waals surface area contributed by atoms with Crippen LogP contribution in [0.25, 0.3) is 0 Å². The molecule has 0 saturated carbocycles. The summed E-state index contributed by atoms with van der Waals surface area (Å²) >= 11 is 0. The second-order valence-electron chi connectivity index (χ2n) is 7.14. The Labute approximate surface area is 144 Å². The van der Waals surface area contributed by atoms with Crippen LogP contribution >= 0.6 is 0 Å². The van der Waals surface area contributed by atoms with Crippen LogP contribution < -0.4 is 0 Å². The fourth-order valence-electron chi connectivity index (χ4n) is 3.13. The molecule has 2 rings (SSSR count). The molecule has 1 aromatic rings. The molecule has 1 aliphatic heterocycles. The first-order valence-corrected chi connectivity index (χ1v) is 8.63. The minimum absolute atomic E-state index is 0.0322. The molecule has 0 spiro atoms. The lowest BCUT2D eigenvalue weighted by Crippen LogP contribution is -2.45. The SMILES string of the molecule is CCN(CC(C)(C)O)C(=O)C1CC(=O)N(CCc2ccccc2)C1. The number of likely N-dealkylation sites (N-methyl/N-ethyl adjacent to an activating group) is 1. The number of amides is 2. The fraction of sp³-hybridized carbons (Fsp3) is 0.579. The molecule has 1 aromatic carbocycles. The summed E-state index contributed by atoms with van der Waals surface area (Å²) in [5.74, 6) is -0.283. The highest BCUT2D eigenvalue weighted by molar-refractivity contribution is 5.89. The molecule has 5 heteroatoms. The topological polar surface area (TPSA) is 60.9 Å². The predicted molar refractivity (Wildman–Crippen MR) is 93.4 cm³/mol. The van der Waals surface area contributed by atoms with Crippen molar-refractivity contribution in [3.63, 3.8) is 0 Å². The van der Waals surface area contributed by atoms with Crippen LogP contribution in [0, 0.1) is 5.92 Å². The average Bonchev–Trinajstić information content (AvgIpc) is 2.91. The molecule has 0 aliphatic carbocycles. The van der Waals surface area contributed by atoms with E-state index in [1.807, 2.05) is 37.3 Å². The van der Waals surface area contributed by atoms with Gasteiger partial charge in [-0.05, 0) is 32.8 Å². The first-order chi connectivity index (χ1) is 11.3. The van der Waals surface area contributed by atoms with Gasteiger partial charge in [0.15, 0.2) is 0 Å². The van der Waals surface area contributed by atoms with Gasteiger partial charge in [0, 0.05) is 32.6 Å². The normalized spacial score (nSPS) is 18.1. The molecule has 0 aromatic heterocycles. The number of rotatable bonds is 7. The maximum absolute atomic E-state index is 12.7. The highest BCUT2D eigenvalue weighted by Crippen LogP contribution is 2.21. The molecule has 1 N–H and O–H groups in total. The molecule has 1 aliphatic rings. The minimum atomic E-state index is -0.929. The van der Waals surface area contributed by atoms with Crippen LogP contribution in [0.1, 0.15) is 32.8 Å². The number of carbonyl (C=O) groups is 2. The average molecular weight is 332 g/mol. The first-order valence-electron chi connectivity index (χ1n) is 8.63. The Morgan fingerprint density at radius 2 is 2.00 bits per heavy atom. The Morgan fingerprint density at radius 3 is 2.58 bits per heavy atom. The van der Waals surface area contributed by atoms with Crippen LogP contribution in [0.15, 0.2) is 30.3 Å². The molecular formula is C19H28N2O3. The molecule has 0 bridgehead atoms. The summed E-state index contributed by atoms with van der Waals surface area (Å²) in [5, 5.41) is 9.95. The van der Waals surface area contributed by atoms with Crippen LogP contribution in [0.2, 0.25) is 0 Å². The van der Waals surface area contributed by atoms with E-state index in [-0.39, 0.29) is 30.7 Å². The van der Waals surface area contributed by atoms with E-state index in [0.717, 1.165) is 6.42 Å². The van der Waals surface area contributed by atoms with Crippen molar-refractivity contribution in [2.24, 2.45) is 5.92 Å². The molecule has 132 valence electrons. The summed E-state index contributed by atoms with van der Waals surface area (Å²) in [6, 6.07) is 10.0. The van der Waals surface area contributed by atoms with Crippen LogP contribution in [0.5, 0.6) is 0 Å². The van der Waals surface area contributed by atoms with Crippen molar-refractivity contribution < 1.29 is 14.7 Å². The van der Waals surface area contributed by atoms with Gasteiger partial charge in [0.2, 0.25) is 11.8 Å². The Hall–Kier alpha value is -1.88. The smallest absolute Gasteiger partial charge is 0.228 e. The van der Waals surface area contributed by atoms with Crippen LogP contribution in [-0.2, 0) is 16.0 Å². The van der Waals surface area contributed by atoms with Gasteiger partial charge in [-0.1, -0.05) is 30.3 Å². The van der Waals surface area contributed by atoms with Crippen molar-refractivity contribution in [3.8, 4) is 0 Å². The van der Waals surface area contributed by atoms with Gasteiger partial charge in [-0.3, -0.25) is 9.59 Å². The fourth-order valence-corrected chi connectivity index (χ4v) is 3.13. The highest BCUT2D eigenvalue weighted by atomic mass is 16.3. The van der Waals surface area contributed by atoms with E-state index in [2.05, 4.69) is 0 Å². The van der Waals surface area contributed by atoms with Crippen LogP contribution in [-0.4, -0.2) is 58.5 Å². The van der Waals surface area contributed by atoms with E-state index in [9.17, 15) is 14.7 Å². The maximum Gasteiger partial charge on any atom is 0.228 e. The molecule has 1 fully saturated rings. The first kappa shape index (κ1) is 18.5. The van der Waals surface area contributed by atoms with E-state index in [0.29, 0.717) is 19.6 Å². The zero-order valence-electron chi connectivity index (χ0n) is 14.9. The van der Waals surface area contributed by atoms with E-state index < -0.39 is 5.60 Å². The molecule has 24 heavy (non-hydrogen) atoms. The molecule has 2 amide bonds. The minimum Gasteiger partial charge on any atom is -0.389 e. The van der Waals surface area contributed by atoms with E-state index in [4.69, 9.17) is 0 Å². The summed E-state index contributed by atoms with van der Waals surface area (Å²) in [6.07, 6.45) is 1.07. The predicted octanol–water partition coefficient (Wildman–Crippen LogP) is 1.70. The molecule has 1 atom stereocenters. The lowest BCUT2D eigenvalue weighted by Gasteiger charge is -2.30. The van der Waals surface area contributed by atoms with E-state index in [1.165, 1.54) is 5.56 Å². The Kier molecular flexibility index (Phi) is 5.99. The zero-order chi connectivity index (χ0) is 17.7. The zero-order valence-corrected chi connectivity index (χ0v) is 14.9. The third kappa shape index (κ3) is 5.06. The maximum atomic E-state index is 12.7. The van der Waals surface area contributed by atoms with Crippen LogP contribution in [0.4, 0.5) is 0 Å². The number of benzene rings is 1. The van der Waals surface area contributed by atoms with Gasteiger partial charge >= 0.3 is 0 Å². The van der Waals surface area contributed by atoms with Crippen molar-refractivity contribution in [1.82, 2.24) is 9.80 Å². The molecule has 1 unspecified atom stereocenters. The number of aliphatic hydroxyl groups is 1. The van der Waals surface area contributed by atoms with Crippen molar-refractivity contribution in [2.75, 3.05) is 26.2 Å². The van der Waals surface area contributed by atoms with Crippen molar-refractivity contribution >= 4 is 11.8 Å². The van der Waals surface area contributed by atoms with Crippen molar-refractivity contribution in [1.29, 1.82) is 0 Å². The Morgan fingerprint density at radius 1 is 1.33 bits per heavy atom. The third-order valence-electron chi connectivity index (χ3n) is 4.35. The highest BCUT2D eigenvalue weighted by Gasteiger charge is 2.36. The molecule has 1 saturated heterocycles. The quantitative estimate of drug-likeness (QED) is 0.827. The van der Waals surface area contributed by atoms with E-state index in [1.54, 1.807) is 23.6 Å². The Bertz CT molecular complexity index is 566. The van der Waals surface area contributed by atoms with Gasteiger partial charge in [0.25, 0.3) is 0 Å². The molecular weight excluding hydrogens is 304 g/mol. The molecule has 5 nitrogen and oxygen atoms in total. The summed E-state index contributed by atoms with van der Waals surface area (Å²) in [7, 11) is 0. The summed E-state index contributed by atoms with van der Waals surface area (Å²) in [5.41, 5.74) is 0.263. The Balaban J connectivity index is 1.92. The lowest BCUT2D eigenvalue weighted by atomic mass is 10.0. The third-order valence-corrected chi connectivity index (χ3v) is 4.35. The van der Waals surface area contributed by atoms with Gasteiger partial charge in [-0.2, -0.15) is 0 Å². The number of hydrogen-bond acceptors (Lipinski definition) is 3. The van der Waals surface area contributed by atoms with Crippen LogP contribution in [0.3, 0.4) is 0 Å². The summed E-state index contributed by atoms with van der Waals surface area (Å²) < 4.78 is 0. The molecule has 1 heterocycles. The second kappa shape index (κ2) is 7.79. The monoisotopic (exact) mass is 332 g/mol. The van der Waals surface area contributed by atoms with E-state index >= 15 is 0 Å². The number of hydrogen-bond donors (Lipinski definition) is 1. The summed E-state index contributed by atoms with van der Waals surface area (Å²) in [4.78, 5) is 28.3. The second-order valence-corrected chi connectivity index (χ2v) is 7.14. The number of nitrogens with zero attached hydrogens (tertiary/aromatic N) is 2. The van der Waals surface area contributed by atoms with Gasteiger partial charge in [0.1, 0.15) is 0 Å². The number of carbonyl (C=O) groups excluding carboxylic acids is 2. The lowest BCUT2D eigenvalue weighted by molar-refractivity contribution is -0.138. The number of likely N-dealkylation sites (tertiary alicyclic amines) is 1. The largest absolute Gasteiger partial charge is 0.389 e.